The van der Waals surface area contributed by atoms with Crippen molar-refractivity contribution in [3.8, 4) is 11.3 Å². The minimum absolute atomic E-state index is 0.289. The van der Waals surface area contributed by atoms with E-state index in [1.807, 2.05) is 24.3 Å². The Kier molecular flexibility index (Phi) is 8.07. The summed E-state index contributed by atoms with van der Waals surface area (Å²) in [5.74, 6) is 6.17. The Balaban J connectivity index is 1.08. The summed E-state index contributed by atoms with van der Waals surface area (Å²) < 4.78 is 12.1. The van der Waals surface area contributed by atoms with E-state index in [1.165, 1.54) is 57.8 Å². The fourth-order valence-electron chi connectivity index (χ4n) is 10.1. The van der Waals surface area contributed by atoms with Gasteiger partial charge in [-0.15, -0.1) is 0 Å². The molecule has 1 heterocycles. The second-order valence-corrected chi connectivity index (χ2v) is 15.0. The molecule has 1 aromatic heterocycles. The fourth-order valence-corrected chi connectivity index (χ4v) is 10.1. The van der Waals surface area contributed by atoms with Gasteiger partial charge in [-0.3, -0.25) is 0 Å². The van der Waals surface area contributed by atoms with Crippen molar-refractivity contribution in [3.63, 3.8) is 0 Å². The average Bonchev–Trinajstić information content (AvgIpc) is 3.56. The van der Waals surface area contributed by atoms with Crippen molar-refractivity contribution in [2.75, 3.05) is 0 Å². The summed E-state index contributed by atoms with van der Waals surface area (Å²) in [6.45, 7) is 13.2. The van der Waals surface area contributed by atoms with E-state index in [9.17, 15) is 0 Å². The molecule has 0 N–H and O–H groups in total. The number of nitrogens with zero attached hydrogens (tertiary/aromatic N) is 1. The lowest BCUT2D eigenvalue weighted by Crippen LogP contribution is -2.51. The molecule has 4 aliphatic carbocycles. The lowest BCUT2D eigenvalue weighted by Gasteiger charge is -2.58. The van der Waals surface area contributed by atoms with Crippen LogP contribution in [0.4, 0.5) is 0 Å². The Hall–Kier alpha value is -1.87. The van der Waals surface area contributed by atoms with Crippen LogP contribution >= 0.6 is 0 Å². The molecule has 0 saturated heterocycles. The van der Waals surface area contributed by atoms with Crippen LogP contribution in [0.2, 0.25) is 0 Å². The van der Waals surface area contributed by atoms with Crippen LogP contribution in [-0.2, 0) is 11.3 Å². The van der Waals surface area contributed by atoms with Gasteiger partial charge in [0.15, 0.2) is 5.76 Å². The average molecular weight is 544 g/mol. The van der Waals surface area contributed by atoms with Crippen LogP contribution in [0.1, 0.15) is 111 Å². The molecule has 0 bridgehead atoms. The number of benzene rings is 1. The van der Waals surface area contributed by atoms with Crippen LogP contribution in [0.15, 0.2) is 52.6 Å². The number of hydrogen-bond acceptors (Lipinski definition) is 3. The molecular formula is C37H53NO2. The Morgan fingerprint density at radius 1 is 0.975 bits per heavy atom. The first kappa shape index (κ1) is 28.3. The minimum atomic E-state index is 0.289. The van der Waals surface area contributed by atoms with Gasteiger partial charge in [0, 0.05) is 11.6 Å². The summed E-state index contributed by atoms with van der Waals surface area (Å²) in [4.78, 5) is 0. The molecule has 3 fully saturated rings. The molecule has 0 unspecified atom stereocenters. The number of fused-ring (bicyclic) bond motifs is 5. The zero-order valence-corrected chi connectivity index (χ0v) is 25.8. The summed E-state index contributed by atoms with van der Waals surface area (Å²) in [5.41, 5.74) is 4.62. The molecule has 0 aliphatic heterocycles. The van der Waals surface area contributed by atoms with Gasteiger partial charge in [-0.25, -0.2) is 0 Å². The van der Waals surface area contributed by atoms with Crippen molar-refractivity contribution in [3.05, 3.63) is 53.8 Å². The van der Waals surface area contributed by atoms with E-state index in [0.717, 1.165) is 65.4 Å². The van der Waals surface area contributed by atoms with Gasteiger partial charge in [0.05, 0.1) is 6.10 Å². The van der Waals surface area contributed by atoms with E-state index in [2.05, 4.69) is 58.0 Å². The van der Waals surface area contributed by atoms with Crippen molar-refractivity contribution < 1.29 is 9.26 Å². The van der Waals surface area contributed by atoms with E-state index < -0.39 is 0 Å². The van der Waals surface area contributed by atoms with Gasteiger partial charge >= 0.3 is 0 Å². The van der Waals surface area contributed by atoms with Crippen LogP contribution < -0.4 is 0 Å². The van der Waals surface area contributed by atoms with Gasteiger partial charge in [-0.05, 0) is 97.7 Å². The van der Waals surface area contributed by atoms with Crippen LogP contribution in [0.25, 0.3) is 11.3 Å². The number of aromatic nitrogens is 1. The third kappa shape index (κ3) is 5.25. The van der Waals surface area contributed by atoms with E-state index in [-0.39, 0.29) is 6.10 Å². The van der Waals surface area contributed by atoms with Crippen LogP contribution in [0.3, 0.4) is 0 Å². The second-order valence-electron chi connectivity index (χ2n) is 15.0. The summed E-state index contributed by atoms with van der Waals surface area (Å²) in [7, 11) is 0. The lowest BCUT2D eigenvalue weighted by molar-refractivity contribution is -0.0669. The molecule has 0 spiro atoms. The molecule has 8 atom stereocenters. The normalized spacial score (nSPS) is 36.0. The number of rotatable bonds is 9. The molecule has 6 rings (SSSR count). The molecule has 0 amide bonds. The highest BCUT2D eigenvalue weighted by Crippen LogP contribution is 2.67. The summed E-state index contributed by atoms with van der Waals surface area (Å²) in [6, 6.07) is 12.3. The molecule has 2 aromatic rings. The summed E-state index contributed by atoms with van der Waals surface area (Å²) >= 11 is 0. The topological polar surface area (TPSA) is 35.3 Å². The van der Waals surface area contributed by atoms with Crippen molar-refractivity contribution in [1.82, 2.24) is 5.16 Å². The Morgan fingerprint density at radius 3 is 2.60 bits per heavy atom. The van der Waals surface area contributed by atoms with Crippen molar-refractivity contribution in [2.45, 2.75) is 118 Å². The Labute approximate surface area is 243 Å². The smallest absolute Gasteiger partial charge is 0.163 e. The maximum absolute atomic E-state index is 6.45. The second kappa shape index (κ2) is 11.4. The van der Waals surface area contributed by atoms with E-state index in [0.29, 0.717) is 17.4 Å². The number of ether oxygens (including phenoxy) is 1. The van der Waals surface area contributed by atoms with Gasteiger partial charge in [-0.1, -0.05) is 101 Å². The highest BCUT2D eigenvalue weighted by atomic mass is 16.5. The fraction of sp³-hybridized carbons (Fsp3) is 0.703. The number of allylic oxidation sites excluding steroid dienone is 1. The monoisotopic (exact) mass is 543 g/mol. The van der Waals surface area contributed by atoms with Gasteiger partial charge in [0.1, 0.15) is 12.3 Å². The first-order valence-electron chi connectivity index (χ1n) is 16.6. The zero-order chi connectivity index (χ0) is 27.9. The minimum Gasteiger partial charge on any atom is -0.370 e. The molecule has 3 heteroatoms. The molecule has 3 saturated carbocycles. The van der Waals surface area contributed by atoms with E-state index in [1.54, 1.807) is 5.57 Å². The molecule has 40 heavy (non-hydrogen) atoms. The molecule has 4 aliphatic rings. The predicted molar refractivity (Wildman–Crippen MR) is 164 cm³/mol. The van der Waals surface area contributed by atoms with E-state index in [4.69, 9.17) is 9.26 Å². The Bertz CT molecular complexity index is 1170. The van der Waals surface area contributed by atoms with Gasteiger partial charge in [-0.2, -0.15) is 0 Å². The summed E-state index contributed by atoms with van der Waals surface area (Å²) in [6.07, 6.45) is 17.9. The zero-order valence-electron chi connectivity index (χ0n) is 25.8. The highest BCUT2D eigenvalue weighted by molar-refractivity contribution is 5.58. The standard InChI is InChI=1S/C37H53NO2/c1-25(2)10-9-11-26(3)32-16-17-33-31-15-14-28-22-29(18-20-36(28,4)34(31)19-21-37(32,33)5)39-24-30-23-35(38-40-30)27-12-7-6-8-13-27/h6-8,12-14,23,25-26,29,31-34H,9-11,15-22,24H2,1-5H3/t26-,29+,31+,32-,33+,34+,36+,37-/m1/s1. The molecular weight excluding hydrogens is 490 g/mol. The maximum atomic E-state index is 6.45. The summed E-state index contributed by atoms with van der Waals surface area (Å²) in [5, 5.41) is 4.27. The number of hydrogen-bond donors (Lipinski definition) is 0. The van der Waals surface area contributed by atoms with Crippen LogP contribution in [-0.4, -0.2) is 11.3 Å². The van der Waals surface area contributed by atoms with Gasteiger partial charge < -0.3 is 9.26 Å². The lowest BCUT2D eigenvalue weighted by atomic mass is 9.47. The largest absolute Gasteiger partial charge is 0.370 e. The predicted octanol–water partition coefficient (Wildman–Crippen LogP) is 10.3. The van der Waals surface area contributed by atoms with Crippen molar-refractivity contribution in [2.24, 2.45) is 46.3 Å². The van der Waals surface area contributed by atoms with Crippen LogP contribution in [0, 0.1) is 46.3 Å². The molecule has 218 valence electrons. The SMILES string of the molecule is CC(C)CCC[C@@H](C)[C@H]1CC[C@H]2[C@@H]3CC=C4C[C@@H](OCc5cc(-c6ccccc6)no5)CC[C@]4(C)[C@H]3CC[C@]12C. The molecule has 1 aromatic carbocycles. The van der Waals surface area contributed by atoms with Crippen molar-refractivity contribution in [1.29, 1.82) is 0 Å². The van der Waals surface area contributed by atoms with E-state index >= 15 is 0 Å². The molecule has 0 radical (unpaired) electrons. The van der Waals surface area contributed by atoms with Gasteiger partial charge in [0.2, 0.25) is 0 Å². The molecule has 3 nitrogen and oxygen atoms in total. The van der Waals surface area contributed by atoms with Crippen LogP contribution in [0.5, 0.6) is 0 Å². The first-order valence-corrected chi connectivity index (χ1v) is 16.6. The van der Waals surface area contributed by atoms with Gasteiger partial charge in [0.25, 0.3) is 0 Å². The highest BCUT2D eigenvalue weighted by Gasteiger charge is 2.59. The first-order chi connectivity index (χ1) is 19.3. The third-order valence-electron chi connectivity index (χ3n) is 12.3. The van der Waals surface area contributed by atoms with Crippen molar-refractivity contribution >= 4 is 0 Å². The quantitative estimate of drug-likeness (QED) is 0.295. The Morgan fingerprint density at radius 2 is 1.80 bits per heavy atom. The third-order valence-corrected chi connectivity index (χ3v) is 12.3. The maximum Gasteiger partial charge on any atom is 0.163 e.